The van der Waals surface area contributed by atoms with Gasteiger partial charge in [0.25, 0.3) is 0 Å². The van der Waals surface area contributed by atoms with Gasteiger partial charge in [0.1, 0.15) is 0 Å². The maximum Gasteiger partial charge on any atom is 0.219 e. The molecule has 21 heavy (non-hydrogen) atoms. The number of fused-ring (bicyclic) bond motifs is 1. The average Bonchev–Trinajstić information content (AvgIpc) is 2.87. The SMILES string of the molecule is NC(=O)CC(N)c1c(-c2ccccc2)[nH]c2ccccc12. The molecule has 4 heteroatoms. The Morgan fingerprint density at radius 2 is 1.71 bits per heavy atom. The molecule has 0 aliphatic heterocycles. The lowest BCUT2D eigenvalue weighted by molar-refractivity contribution is -0.118. The molecule has 0 fully saturated rings. The third-order valence-electron chi connectivity index (χ3n) is 3.60. The highest BCUT2D eigenvalue weighted by atomic mass is 16.1. The summed E-state index contributed by atoms with van der Waals surface area (Å²) in [5.41, 5.74) is 15.5. The molecule has 0 aliphatic carbocycles. The van der Waals surface area contributed by atoms with Gasteiger partial charge in [-0.3, -0.25) is 4.79 Å². The van der Waals surface area contributed by atoms with Crippen molar-refractivity contribution in [2.75, 3.05) is 0 Å². The van der Waals surface area contributed by atoms with Crippen molar-refractivity contribution in [3.63, 3.8) is 0 Å². The van der Waals surface area contributed by atoms with Crippen LogP contribution in [0.15, 0.2) is 54.6 Å². The van der Waals surface area contributed by atoms with Crippen molar-refractivity contribution in [2.24, 2.45) is 11.5 Å². The summed E-state index contributed by atoms with van der Waals surface area (Å²) in [6.07, 6.45) is 0.127. The molecule has 106 valence electrons. The van der Waals surface area contributed by atoms with Crippen LogP contribution in [0.2, 0.25) is 0 Å². The first-order valence-corrected chi connectivity index (χ1v) is 6.86. The average molecular weight is 279 g/mol. The number of primary amides is 1. The summed E-state index contributed by atoms with van der Waals surface area (Å²) in [4.78, 5) is 14.6. The lowest BCUT2D eigenvalue weighted by atomic mass is 9.97. The van der Waals surface area contributed by atoms with Crippen molar-refractivity contribution < 1.29 is 4.79 Å². The maximum absolute atomic E-state index is 11.2. The van der Waals surface area contributed by atoms with Gasteiger partial charge in [0, 0.05) is 28.9 Å². The molecule has 1 heterocycles. The molecule has 2 aromatic carbocycles. The fourth-order valence-corrected chi connectivity index (χ4v) is 2.70. The van der Waals surface area contributed by atoms with Crippen LogP contribution >= 0.6 is 0 Å². The van der Waals surface area contributed by atoms with Gasteiger partial charge < -0.3 is 16.5 Å². The molecule has 3 aromatic rings. The van der Waals surface area contributed by atoms with E-state index in [0.29, 0.717) is 0 Å². The Morgan fingerprint density at radius 1 is 1.05 bits per heavy atom. The van der Waals surface area contributed by atoms with Crippen molar-refractivity contribution >= 4 is 16.8 Å². The molecule has 0 spiro atoms. The molecule has 1 aromatic heterocycles. The Morgan fingerprint density at radius 3 is 2.43 bits per heavy atom. The monoisotopic (exact) mass is 279 g/mol. The van der Waals surface area contributed by atoms with Crippen molar-refractivity contribution in [3.05, 3.63) is 60.2 Å². The van der Waals surface area contributed by atoms with Crippen LogP contribution in [0.25, 0.3) is 22.2 Å². The highest BCUT2D eigenvalue weighted by molar-refractivity contribution is 5.92. The number of H-pyrrole nitrogens is 1. The van der Waals surface area contributed by atoms with Crippen LogP contribution < -0.4 is 11.5 Å². The maximum atomic E-state index is 11.2. The number of aromatic amines is 1. The number of hydrogen-bond acceptors (Lipinski definition) is 2. The second kappa shape index (κ2) is 5.42. The van der Waals surface area contributed by atoms with Gasteiger partial charge in [-0.05, 0) is 11.6 Å². The second-order valence-electron chi connectivity index (χ2n) is 5.10. The third-order valence-corrected chi connectivity index (χ3v) is 3.60. The summed E-state index contributed by atoms with van der Waals surface area (Å²) in [7, 11) is 0. The van der Waals surface area contributed by atoms with E-state index in [-0.39, 0.29) is 6.42 Å². The van der Waals surface area contributed by atoms with Gasteiger partial charge >= 0.3 is 0 Å². The number of nitrogens with two attached hydrogens (primary N) is 2. The summed E-state index contributed by atoms with van der Waals surface area (Å²) in [6, 6.07) is 17.5. The standard InChI is InChI=1S/C17H17N3O/c18-13(10-15(19)21)16-12-8-4-5-9-14(12)20-17(16)11-6-2-1-3-7-11/h1-9,13,20H,10,18H2,(H2,19,21). The minimum Gasteiger partial charge on any atom is -0.370 e. The highest BCUT2D eigenvalue weighted by Gasteiger charge is 2.20. The molecule has 1 amide bonds. The first-order chi connectivity index (χ1) is 10.2. The van der Waals surface area contributed by atoms with Gasteiger partial charge in [-0.2, -0.15) is 0 Å². The molecule has 0 saturated carbocycles. The van der Waals surface area contributed by atoms with Crippen molar-refractivity contribution in [1.29, 1.82) is 0 Å². The quantitative estimate of drug-likeness (QED) is 0.686. The summed E-state index contributed by atoms with van der Waals surface area (Å²) in [5, 5.41) is 1.03. The van der Waals surface area contributed by atoms with E-state index in [9.17, 15) is 4.79 Å². The van der Waals surface area contributed by atoms with E-state index in [0.717, 1.165) is 27.7 Å². The smallest absolute Gasteiger partial charge is 0.219 e. The molecule has 4 nitrogen and oxygen atoms in total. The Kier molecular flexibility index (Phi) is 3.46. The minimum atomic E-state index is -0.422. The van der Waals surface area contributed by atoms with Crippen LogP contribution in [0.1, 0.15) is 18.0 Å². The number of benzene rings is 2. The normalized spacial score (nSPS) is 12.4. The van der Waals surface area contributed by atoms with Crippen molar-refractivity contribution in [3.8, 4) is 11.3 Å². The van der Waals surface area contributed by atoms with Crippen molar-refractivity contribution in [1.82, 2.24) is 4.98 Å². The highest BCUT2D eigenvalue weighted by Crippen LogP contribution is 2.34. The van der Waals surface area contributed by atoms with Gasteiger partial charge in [0.05, 0.1) is 5.69 Å². The van der Waals surface area contributed by atoms with Gasteiger partial charge in [-0.1, -0.05) is 48.5 Å². The molecule has 0 bridgehead atoms. The molecule has 0 saturated heterocycles. The van der Waals surface area contributed by atoms with Crippen LogP contribution in [0.3, 0.4) is 0 Å². The molecule has 1 atom stereocenters. The number of carbonyl (C=O) groups excluding carboxylic acids is 1. The number of rotatable bonds is 4. The Hall–Kier alpha value is -2.59. The first kappa shape index (κ1) is 13.4. The van der Waals surface area contributed by atoms with E-state index in [1.807, 2.05) is 54.6 Å². The molecule has 1 unspecified atom stereocenters. The number of nitrogens with one attached hydrogen (secondary N) is 1. The minimum absolute atomic E-state index is 0.127. The van der Waals surface area contributed by atoms with Crippen molar-refractivity contribution in [2.45, 2.75) is 12.5 Å². The number of para-hydroxylation sites is 1. The second-order valence-corrected chi connectivity index (χ2v) is 5.10. The zero-order valence-corrected chi connectivity index (χ0v) is 11.5. The van der Waals surface area contributed by atoms with Gasteiger partial charge in [0.2, 0.25) is 5.91 Å². The largest absolute Gasteiger partial charge is 0.370 e. The summed E-state index contributed by atoms with van der Waals surface area (Å²) in [5.74, 6) is -0.396. The zero-order valence-electron chi connectivity index (χ0n) is 11.5. The summed E-state index contributed by atoms with van der Waals surface area (Å²) >= 11 is 0. The molecule has 0 aliphatic rings. The molecular formula is C17H17N3O. The van der Waals surface area contributed by atoms with Gasteiger partial charge in [-0.25, -0.2) is 0 Å². The van der Waals surface area contributed by atoms with E-state index >= 15 is 0 Å². The van der Waals surface area contributed by atoms with E-state index in [1.54, 1.807) is 0 Å². The lowest BCUT2D eigenvalue weighted by Gasteiger charge is -2.12. The fourth-order valence-electron chi connectivity index (χ4n) is 2.70. The fraction of sp³-hybridized carbons (Fsp3) is 0.118. The number of amides is 1. The molecule has 3 rings (SSSR count). The Balaban J connectivity index is 2.21. The summed E-state index contributed by atoms with van der Waals surface area (Å²) in [6.45, 7) is 0. The van der Waals surface area contributed by atoms with E-state index in [4.69, 9.17) is 11.5 Å². The van der Waals surface area contributed by atoms with Crippen LogP contribution in [0.5, 0.6) is 0 Å². The van der Waals surface area contributed by atoms with Crippen LogP contribution in [0.4, 0.5) is 0 Å². The summed E-state index contributed by atoms with van der Waals surface area (Å²) < 4.78 is 0. The predicted octanol–water partition coefficient (Wildman–Crippen LogP) is 2.71. The number of aromatic nitrogens is 1. The number of hydrogen-bond donors (Lipinski definition) is 3. The lowest BCUT2D eigenvalue weighted by Crippen LogP contribution is -2.21. The third kappa shape index (κ3) is 2.53. The van der Waals surface area contributed by atoms with Crippen LogP contribution in [0, 0.1) is 0 Å². The van der Waals surface area contributed by atoms with E-state index in [1.165, 1.54) is 0 Å². The van der Waals surface area contributed by atoms with Gasteiger partial charge in [-0.15, -0.1) is 0 Å². The Labute approximate surface area is 122 Å². The number of carbonyl (C=O) groups is 1. The first-order valence-electron chi connectivity index (χ1n) is 6.86. The topological polar surface area (TPSA) is 84.9 Å². The molecule has 5 N–H and O–H groups in total. The zero-order chi connectivity index (χ0) is 14.8. The van der Waals surface area contributed by atoms with E-state index < -0.39 is 11.9 Å². The molecular weight excluding hydrogens is 262 g/mol. The predicted molar refractivity (Wildman–Crippen MR) is 84.5 cm³/mol. The van der Waals surface area contributed by atoms with Gasteiger partial charge in [0.15, 0.2) is 0 Å². The van der Waals surface area contributed by atoms with E-state index in [2.05, 4.69) is 4.98 Å². The van der Waals surface area contributed by atoms with Crippen LogP contribution in [-0.2, 0) is 4.79 Å². The van der Waals surface area contributed by atoms with Crippen LogP contribution in [-0.4, -0.2) is 10.9 Å². The Bertz CT molecular complexity index is 777. The molecule has 0 radical (unpaired) electrons.